The van der Waals surface area contributed by atoms with Gasteiger partial charge in [-0.05, 0) is 12.6 Å². The molecule has 0 heterocycles. The summed E-state index contributed by atoms with van der Waals surface area (Å²) in [5.41, 5.74) is 7.18. The Morgan fingerprint density at radius 3 is 2.62 bits per heavy atom. The van der Waals surface area contributed by atoms with Gasteiger partial charge in [-0.15, -0.1) is 0 Å². The molecule has 0 atom stereocenters. The van der Waals surface area contributed by atoms with Gasteiger partial charge in [-0.3, -0.25) is 4.90 Å². The van der Waals surface area contributed by atoms with Crippen LogP contribution < -0.4 is 5.73 Å². The van der Waals surface area contributed by atoms with Crippen molar-refractivity contribution in [3.05, 3.63) is 35.4 Å². The maximum Gasteiger partial charge on any atom is 0.251 e. The molecule has 0 unspecified atom stereocenters. The van der Waals surface area contributed by atoms with Crippen LogP contribution in [0.1, 0.15) is 11.1 Å². The van der Waals surface area contributed by atoms with Crippen LogP contribution in [-0.4, -0.2) is 29.9 Å². The summed E-state index contributed by atoms with van der Waals surface area (Å²) in [6, 6.07) is 7.31. The van der Waals surface area contributed by atoms with E-state index in [9.17, 15) is 8.78 Å². The molecular weight excluding hydrogens is 230 g/mol. The lowest BCUT2D eigenvalue weighted by Crippen LogP contribution is -2.25. The van der Waals surface area contributed by atoms with Gasteiger partial charge in [-0.2, -0.15) is 0 Å². The Morgan fingerprint density at radius 2 is 2.06 bits per heavy atom. The van der Waals surface area contributed by atoms with Crippen LogP contribution in [-0.2, 0) is 6.54 Å². The molecule has 1 rings (SSSR count). The van der Waals surface area contributed by atoms with Gasteiger partial charge < -0.3 is 5.73 Å². The Balaban J connectivity index is 2.76. The van der Waals surface area contributed by atoms with E-state index in [0.717, 1.165) is 11.1 Å². The fraction of sp³-hybridized carbons (Fsp3) is 0.364. The molecule has 0 aromatic heterocycles. The minimum atomic E-state index is -2.33. The summed E-state index contributed by atoms with van der Waals surface area (Å²) in [5, 5.41) is 0. The van der Waals surface area contributed by atoms with E-state index in [0.29, 0.717) is 11.5 Å². The highest BCUT2D eigenvalue weighted by Gasteiger charge is 2.10. The van der Waals surface area contributed by atoms with Crippen molar-refractivity contribution >= 4 is 17.2 Å². The smallest absolute Gasteiger partial charge is 0.251 e. The number of halogens is 2. The molecular formula is C11H14F2N2S. The molecule has 16 heavy (non-hydrogen) atoms. The fourth-order valence-electron chi connectivity index (χ4n) is 1.49. The highest BCUT2D eigenvalue weighted by Crippen LogP contribution is 2.11. The van der Waals surface area contributed by atoms with E-state index in [-0.39, 0.29) is 6.54 Å². The van der Waals surface area contributed by atoms with Crippen molar-refractivity contribution in [2.45, 2.75) is 13.0 Å². The van der Waals surface area contributed by atoms with Crippen LogP contribution in [0.25, 0.3) is 0 Å². The van der Waals surface area contributed by atoms with Crippen LogP contribution in [0.5, 0.6) is 0 Å². The molecule has 0 saturated carbocycles. The molecule has 0 aliphatic carbocycles. The standard InChI is InChI=1S/C11H14F2N2S/c1-15(7-10(12)13)6-8-4-2-3-5-9(8)11(14)16/h2-5,10H,6-7H2,1H3,(H2,14,16). The maximum absolute atomic E-state index is 12.2. The van der Waals surface area contributed by atoms with E-state index in [1.165, 1.54) is 0 Å². The van der Waals surface area contributed by atoms with E-state index in [2.05, 4.69) is 0 Å². The maximum atomic E-state index is 12.2. The van der Waals surface area contributed by atoms with Crippen LogP contribution >= 0.6 is 12.2 Å². The molecule has 0 amide bonds. The number of hydrogen-bond acceptors (Lipinski definition) is 2. The molecule has 0 aliphatic heterocycles. The van der Waals surface area contributed by atoms with Crippen molar-refractivity contribution in [2.75, 3.05) is 13.6 Å². The molecule has 0 aliphatic rings. The van der Waals surface area contributed by atoms with E-state index in [4.69, 9.17) is 18.0 Å². The second-order valence-corrected chi connectivity index (χ2v) is 4.05. The fourth-order valence-corrected chi connectivity index (χ4v) is 1.69. The molecule has 0 bridgehead atoms. The number of nitrogens with zero attached hydrogens (tertiary/aromatic N) is 1. The van der Waals surface area contributed by atoms with Crippen molar-refractivity contribution in [1.29, 1.82) is 0 Å². The first-order valence-corrected chi connectivity index (χ1v) is 5.26. The molecule has 2 nitrogen and oxygen atoms in total. The molecule has 0 saturated heterocycles. The van der Waals surface area contributed by atoms with Gasteiger partial charge in [0.05, 0.1) is 6.54 Å². The van der Waals surface area contributed by atoms with Crippen molar-refractivity contribution < 1.29 is 8.78 Å². The predicted octanol–water partition coefficient (Wildman–Crippen LogP) is 2.02. The number of nitrogens with two attached hydrogens (primary N) is 1. The third-order valence-corrected chi connectivity index (χ3v) is 2.39. The Hall–Kier alpha value is -1.07. The molecule has 0 radical (unpaired) electrons. The zero-order chi connectivity index (χ0) is 12.1. The molecule has 1 aromatic carbocycles. The minimum Gasteiger partial charge on any atom is -0.389 e. The van der Waals surface area contributed by atoms with Gasteiger partial charge in [0, 0.05) is 12.1 Å². The first kappa shape index (κ1) is 13.0. The zero-order valence-corrected chi connectivity index (χ0v) is 9.81. The summed E-state index contributed by atoms with van der Waals surface area (Å²) in [7, 11) is 1.64. The van der Waals surface area contributed by atoms with Gasteiger partial charge in [0.1, 0.15) is 4.99 Å². The lowest BCUT2D eigenvalue weighted by Gasteiger charge is -2.17. The van der Waals surface area contributed by atoms with Gasteiger partial charge in [0.15, 0.2) is 0 Å². The average Bonchev–Trinajstić information content (AvgIpc) is 2.16. The quantitative estimate of drug-likeness (QED) is 0.803. The Labute approximate surface area is 99.0 Å². The molecule has 5 heteroatoms. The average molecular weight is 244 g/mol. The lowest BCUT2D eigenvalue weighted by atomic mass is 10.1. The monoisotopic (exact) mass is 244 g/mol. The Morgan fingerprint density at radius 1 is 1.44 bits per heavy atom. The summed E-state index contributed by atoms with van der Waals surface area (Å²) in [6.07, 6.45) is -2.33. The summed E-state index contributed by atoms with van der Waals surface area (Å²) in [4.78, 5) is 1.84. The molecule has 88 valence electrons. The van der Waals surface area contributed by atoms with Gasteiger partial charge >= 0.3 is 0 Å². The number of thiocarbonyl (C=S) groups is 1. The van der Waals surface area contributed by atoms with Crippen LogP contribution in [0.2, 0.25) is 0 Å². The largest absolute Gasteiger partial charge is 0.389 e. The topological polar surface area (TPSA) is 29.3 Å². The van der Waals surface area contributed by atoms with Gasteiger partial charge in [0.2, 0.25) is 0 Å². The summed E-state index contributed by atoms with van der Waals surface area (Å²) < 4.78 is 24.3. The SMILES string of the molecule is CN(Cc1ccccc1C(N)=S)CC(F)F. The second-order valence-electron chi connectivity index (χ2n) is 3.61. The van der Waals surface area contributed by atoms with E-state index < -0.39 is 6.43 Å². The summed E-state index contributed by atoms with van der Waals surface area (Å²) in [5.74, 6) is 0. The second kappa shape index (κ2) is 5.86. The minimum absolute atomic E-state index is 0.258. The summed E-state index contributed by atoms with van der Waals surface area (Å²) in [6.45, 7) is 0.156. The number of rotatable bonds is 5. The molecule has 0 spiro atoms. The first-order valence-electron chi connectivity index (χ1n) is 4.85. The van der Waals surface area contributed by atoms with E-state index >= 15 is 0 Å². The van der Waals surface area contributed by atoms with Crippen molar-refractivity contribution in [2.24, 2.45) is 5.73 Å². The number of alkyl halides is 2. The van der Waals surface area contributed by atoms with Crippen molar-refractivity contribution in [3.8, 4) is 0 Å². The van der Waals surface area contributed by atoms with Crippen molar-refractivity contribution in [1.82, 2.24) is 4.90 Å². The summed E-state index contributed by atoms with van der Waals surface area (Å²) >= 11 is 4.90. The molecule has 2 N–H and O–H groups in total. The molecule has 0 fully saturated rings. The van der Waals surface area contributed by atoms with Gasteiger partial charge in [0.25, 0.3) is 6.43 Å². The third-order valence-electron chi connectivity index (χ3n) is 2.17. The Kier molecular flexibility index (Phi) is 4.76. The Bertz CT molecular complexity index is 369. The van der Waals surface area contributed by atoms with Crippen LogP contribution in [0, 0.1) is 0 Å². The van der Waals surface area contributed by atoms with Gasteiger partial charge in [-0.25, -0.2) is 8.78 Å². The number of hydrogen-bond donors (Lipinski definition) is 1. The van der Waals surface area contributed by atoms with E-state index in [1.54, 1.807) is 18.0 Å². The highest BCUT2D eigenvalue weighted by atomic mass is 32.1. The lowest BCUT2D eigenvalue weighted by molar-refractivity contribution is 0.0975. The predicted molar refractivity (Wildman–Crippen MR) is 64.7 cm³/mol. The van der Waals surface area contributed by atoms with Crippen LogP contribution in [0.3, 0.4) is 0 Å². The van der Waals surface area contributed by atoms with E-state index in [1.807, 2.05) is 18.2 Å². The normalized spacial score (nSPS) is 11.1. The van der Waals surface area contributed by atoms with Crippen LogP contribution in [0.15, 0.2) is 24.3 Å². The first-order chi connectivity index (χ1) is 7.50. The third kappa shape index (κ3) is 3.83. The van der Waals surface area contributed by atoms with Gasteiger partial charge in [-0.1, -0.05) is 36.5 Å². The number of benzene rings is 1. The molecule has 1 aromatic rings. The highest BCUT2D eigenvalue weighted by molar-refractivity contribution is 7.80. The van der Waals surface area contributed by atoms with Crippen molar-refractivity contribution in [3.63, 3.8) is 0 Å². The van der Waals surface area contributed by atoms with Crippen LogP contribution in [0.4, 0.5) is 8.78 Å². The zero-order valence-electron chi connectivity index (χ0n) is 8.99.